The number of hydrogen-bond acceptors (Lipinski definition) is 2. The molecule has 2 nitrogen and oxygen atoms in total. The molecule has 2 heteroatoms. The van der Waals surface area contributed by atoms with E-state index >= 15 is 0 Å². The van der Waals surface area contributed by atoms with Crippen LogP contribution in [0.25, 0.3) is 6.08 Å². The van der Waals surface area contributed by atoms with Crippen LogP contribution in [0.2, 0.25) is 0 Å². The summed E-state index contributed by atoms with van der Waals surface area (Å²) in [6.45, 7) is 0. The fourth-order valence-corrected chi connectivity index (χ4v) is 0.561. The Morgan fingerprint density at radius 1 is 1.56 bits per heavy atom. The van der Waals surface area contributed by atoms with Gasteiger partial charge < -0.3 is 5.11 Å². The number of aliphatic hydroxyl groups is 1. The predicted octanol–water partition coefficient (Wildman–Crippen LogP) is 1.61. The molecular formula is C7H7NO. The first kappa shape index (κ1) is 5.82. The van der Waals surface area contributed by atoms with E-state index in [4.69, 9.17) is 5.11 Å². The molecule has 0 saturated heterocycles. The van der Waals surface area contributed by atoms with Crippen molar-refractivity contribution < 1.29 is 5.11 Å². The van der Waals surface area contributed by atoms with Crippen molar-refractivity contribution in [1.29, 1.82) is 0 Å². The first-order valence-electron chi connectivity index (χ1n) is 2.64. The van der Waals surface area contributed by atoms with Crippen molar-refractivity contribution in [2.24, 2.45) is 0 Å². The molecule has 0 atom stereocenters. The second-order valence-corrected chi connectivity index (χ2v) is 1.60. The van der Waals surface area contributed by atoms with Crippen molar-refractivity contribution in [2.45, 2.75) is 0 Å². The molecule has 0 fully saturated rings. The molecule has 0 aromatic carbocycles. The minimum absolute atomic E-state index is 0.903. The maximum atomic E-state index is 8.31. The number of nitrogens with zero attached hydrogens (tertiary/aromatic N) is 1. The third-order valence-corrected chi connectivity index (χ3v) is 0.951. The Morgan fingerprint density at radius 3 is 3.00 bits per heavy atom. The Bertz CT molecular complexity index is 193. The average Bonchev–Trinajstić information content (AvgIpc) is 1.91. The Hall–Kier alpha value is -1.31. The number of pyridine rings is 1. The van der Waals surface area contributed by atoms with Gasteiger partial charge in [0.25, 0.3) is 0 Å². The van der Waals surface area contributed by atoms with E-state index in [9.17, 15) is 0 Å². The van der Waals surface area contributed by atoms with E-state index in [1.54, 1.807) is 18.5 Å². The first-order chi connectivity index (χ1) is 4.43. The Labute approximate surface area is 53.5 Å². The molecule has 0 spiro atoms. The van der Waals surface area contributed by atoms with Gasteiger partial charge in [-0.15, -0.1) is 0 Å². The Balaban J connectivity index is 2.85. The number of aliphatic hydroxyl groups excluding tert-OH is 1. The average molecular weight is 121 g/mol. The molecule has 0 bridgehead atoms. The van der Waals surface area contributed by atoms with Crippen molar-refractivity contribution in [1.82, 2.24) is 4.98 Å². The van der Waals surface area contributed by atoms with Crippen molar-refractivity contribution in [3.05, 3.63) is 36.4 Å². The summed E-state index contributed by atoms with van der Waals surface area (Å²) in [7, 11) is 0. The van der Waals surface area contributed by atoms with Gasteiger partial charge in [-0.25, -0.2) is 0 Å². The fraction of sp³-hybridized carbons (Fsp3) is 0. The van der Waals surface area contributed by atoms with Gasteiger partial charge in [0.1, 0.15) is 0 Å². The summed E-state index contributed by atoms with van der Waals surface area (Å²) in [5.41, 5.74) is 0.903. The van der Waals surface area contributed by atoms with Gasteiger partial charge in [-0.2, -0.15) is 0 Å². The van der Waals surface area contributed by atoms with Gasteiger partial charge in [-0.3, -0.25) is 4.98 Å². The van der Waals surface area contributed by atoms with Crippen molar-refractivity contribution in [3.63, 3.8) is 0 Å². The molecule has 0 aliphatic carbocycles. The molecule has 0 radical (unpaired) electrons. The van der Waals surface area contributed by atoms with E-state index in [0.29, 0.717) is 0 Å². The van der Waals surface area contributed by atoms with Crippen molar-refractivity contribution >= 4 is 6.08 Å². The molecule has 1 rings (SSSR count). The number of rotatable bonds is 1. The van der Waals surface area contributed by atoms with Gasteiger partial charge in [0.2, 0.25) is 0 Å². The molecule has 46 valence electrons. The summed E-state index contributed by atoms with van der Waals surface area (Å²) in [5, 5.41) is 8.31. The van der Waals surface area contributed by atoms with E-state index in [1.807, 2.05) is 12.1 Å². The largest absolute Gasteiger partial charge is 0.516 e. The highest BCUT2D eigenvalue weighted by Crippen LogP contribution is 1.96. The van der Waals surface area contributed by atoms with Gasteiger partial charge in [-0.05, 0) is 17.7 Å². The molecule has 0 saturated carbocycles. The molecule has 9 heavy (non-hydrogen) atoms. The van der Waals surface area contributed by atoms with Crippen LogP contribution < -0.4 is 0 Å². The maximum absolute atomic E-state index is 8.31. The summed E-state index contributed by atoms with van der Waals surface area (Å²) < 4.78 is 0. The lowest BCUT2D eigenvalue weighted by atomic mass is 10.3. The quantitative estimate of drug-likeness (QED) is 0.572. The van der Waals surface area contributed by atoms with Crippen LogP contribution in [0.1, 0.15) is 5.56 Å². The van der Waals surface area contributed by atoms with Crippen LogP contribution >= 0.6 is 0 Å². The van der Waals surface area contributed by atoms with E-state index in [2.05, 4.69) is 4.98 Å². The lowest BCUT2D eigenvalue weighted by molar-refractivity contribution is 0.478. The van der Waals surface area contributed by atoms with Gasteiger partial charge in [0.05, 0.1) is 6.26 Å². The summed E-state index contributed by atoms with van der Waals surface area (Å²) in [6, 6.07) is 3.68. The minimum Gasteiger partial charge on any atom is -0.516 e. The van der Waals surface area contributed by atoms with Gasteiger partial charge in [0.15, 0.2) is 0 Å². The van der Waals surface area contributed by atoms with Gasteiger partial charge >= 0.3 is 0 Å². The second-order valence-electron chi connectivity index (χ2n) is 1.60. The highest BCUT2D eigenvalue weighted by Gasteiger charge is 1.79. The van der Waals surface area contributed by atoms with Crippen LogP contribution in [-0.4, -0.2) is 10.1 Å². The van der Waals surface area contributed by atoms with Crippen LogP contribution in [0.4, 0.5) is 0 Å². The summed E-state index contributed by atoms with van der Waals surface area (Å²) in [4.78, 5) is 3.84. The van der Waals surface area contributed by atoms with E-state index < -0.39 is 0 Å². The summed E-state index contributed by atoms with van der Waals surface area (Å²) in [6.07, 6.45) is 5.94. The smallest absolute Gasteiger partial charge is 0.0798 e. The Kier molecular flexibility index (Phi) is 1.85. The number of hydrogen-bond donors (Lipinski definition) is 1. The molecule has 0 amide bonds. The fourth-order valence-electron chi connectivity index (χ4n) is 0.561. The Morgan fingerprint density at radius 2 is 2.44 bits per heavy atom. The van der Waals surface area contributed by atoms with Crippen LogP contribution in [0.5, 0.6) is 0 Å². The van der Waals surface area contributed by atoms with Crippen LogP contribution in [0.3, 0.4) is 0 Å². The van der Waals surface area contributed by atoms with Crippen LogP contribution in [0, 0.1) is 0 Å². The SMILES string of the molecule is OC=Cc1cccnc1. The molecule has 1 heterocycles. The summed E-state index contributed by atoms with van der Waals surface area (Å²) >= 11 is 0. The van der Waals surface area contributed by atoms with Gasteiger partial charge in [0, 0.05) is 12.4 Å². The zero-order valence-corrected chi connectivity index (χ0v) is 4.86. The van der Waals surface area contributed by atoms with Crippen molar-refractivity contribution in [2.75, 3.05) is 0 Å². The third-order valence-electron chi connectivity index (χ3n) is 0.951. The topological polar surface area (TPSA) is 33.1 Å². The van der Waals surface area contributed by atoms with E-state index in [1.165, 1.54) is 0 Å². The lowest BCUT2D eigenvalue weighted by Gasteiger charge is -1.85. The highest BCUT2D eigenvalue weighted by atomic mass is 16.2. The predicted molar refractivity (Wildman–Crippen MR) is 35.9 cm³/mol. The molecule has 1 N–H and O–H groups in total. The van der Waals surface area contributed by atoms with Crippen molar-refractivity contribution in [3.8, 4) is 0 Å². The number of aromatic nitrogens is 1. The molecule has 0 aliphatic rings. The highest BCUT2D eigenvalue weighted by molar-refractivity contribution is 5.45. The monoisotopic (exact) mass is 121 g/mol. The lowest BCUT2D eigenvalue weighted by Crippen LogP contribution is -1.71. The normalized spacial score (nSPS) is 10.2. The zero-order valence-electron chi connectivity index (χ0n) is 4.86. The van der Waals surface area contributed by atoms with Crippen LogP contribution in [-0.2, 0) is 0 Å². The molecule has 0 unspecified atom stereocenters. The van der Waals surface area contributed by atoms with E-state index in [-0.39, 0.29) is 0 Å². The summed E-state index contributed by atoms with van der Waals surface area (Å²) in [5.74, 6) is 0. The van der Waals surface area contributed by atoms with E-state index in [0.717, 1.165) is 11.8 Å². The van der Waals surface area contributed by atoms with Gasteiger partial charge in [-0.1, -0.05) is 6.07 Å². The zero-order chi connectivity index (χ0) is 6.53. The maximum Gasteiger partial charge on any atom is 0.0798 e. The first-order valence-corrected chi connectivity index (χ1v) is 2.64. The molecule has 1 aromatic rings. The standard InChI is InChI=1S/C7H7NO/c9-5-3-7-2-1-4-8-6-7/h1-6,9H. The van der Waals surface area contributed by atoms with Crippen LogP contribution in [0.15, 0.2) is 30.8 Å². The third kappa shape index (κ3) is 1.57. The minimum atomic E-state index is 0.903. The molecule has 1 aromatic heterocycles. The second kappa shape index (κ2) is 2.87. The molecule has 0 aliphatic heterocycles. The molecular weight excluding hydrogens is 114 g/mol.